The van der Waals surface area contributed by atoms with E-state index in [-0.39, 0.29) is 0 Å². The van der Waals surface area contributed by atoms with E-state index in [0.29, 0.717) is 39.3 Å². The number of H-pyrrole nitrogens is 1. The van der Waals surface area contributed by atoms with Gasteiger partial charge in [0, 0.05) is 5.56 Å². The lowest BCUT2D eigenvalue weighted by molar-refractivity contribution is 0.0601. The fourth-order valence-electron chi connectivity index (χ4n) is 2.48. The molecular weight excluding hydrogens is 296 g/mol. The van der Waals surface area contributed by atoms with E-state index in [9.17, 15) is 9.59 Å². The lowest BCUT2D eigenvalue weighted by Gasteiger charge is -2.04. The topological polar surface area (TPSA) is 81.3 Å². The third-order valence-electron chi connectivity index (χ3n) is 3.58. The van der Waals surface area contributed by atoms with Crippen molar-refractivity contribution in [2.24, 2.45) is 0 Å². The number of rotatable bonds is 4. The van der Waals surface area contributed by atoms with Crippen LogP contribution >= 0.6 is 0 Å². The van der Waals surface area contributed by atoms with Gasteiger partial charge in [0.05, 0.1) is 36.4 Å². The number of carbonyl (C=O) groups excluding carboxylic acids is 2. The first-order chi connectivity index (χ1) is 11.2. The summed E-state index contributed by atoms with van der Waals surface area (Å²) >= 11 is 0. The Labute approximate surface area is 132 Å². The van der Waals surface area contributed by atoms with E-state index in [0.717, 1.165) is 6.29 Å². The average molecular weight is 310 g/mol. The van der Waals surface area contributed by atoms with Crippen LogP contribution in [0.15, 0.2) is 36.4 Å². The number of nitrogens with one attached hydrogen (secondary N) is 1. The molecule has 23 heavy (non-hydrogen) atoms. The van der Waals surface area contributed by atoms with Gasteiger partial charge in [0.1, 0.15) is 11.6 Å². The van der Waals surface area contributed by atoms with Crippen LogP contribution in [0.5, 0.6) is 5.75 Å². The molecule has 3 rings (SSSR count). The number of imidazole rings is 1. The zero-order valence-electron chi connectivity index (χ0n) is 12.6. The van der Waals surface area contributed by atoms with Crippen LogP contribution in [0.1, 0.15) is 20.7 Å². The standard InChI is InChI=1S/C17H14N2O4/c1-22-14-8-7-13-15(12(14)9-20)19-16(18-13)10-5-3-4-6-11(10)17(21)23-2/h3-9H,1-2H3,(H,18,19). The SMILES string of the molecule is COC(=O)c1ccccc1-c1nc2ccc(OC)c(C=O)c2[nH]1. The van der Waals surface area contributed by atoms with E-state index in [1.54, 1.807) is 36.4 Å². The number of aldehydes is 1. The lowest BCUT2D eigenvalue weighted by Crippen LogP contribution is -2.03. The largest absolute Gasteiger partial charge is 0.496 e. The van der Waals surface area contributed by atoms with Gasteiger partial charge in [-0.25, -0.2) is 9.78 Å². The Hall–Kier alpha value is -3.15. The van der Waals surface area contributed by atoms with Crippen molar-refractivity contribution in [2.45, 2.75) is 0 Å². The maximum absolute atomic E-state index is 11.9. The molecule has 1 aromatic heterocycles. The quantitative estimate of drug-likeness (QED) is 0.592. The van der Waals surface area contributed by atoms with E-state index in [1.165, 1.54) is 14.2 Å². The Bertz CT molecular complexity index is 899. The number of aromatic nitrogens is 2. The molecular formula is C17H14N2O4. The maximum Gasteiger partial charge on any atom is 0.338 e. The van der Waals surface area contributed by atoms with Gasteiger partial charge in [0.15, 0.2) is 6.29 Å². The summed E-state index contributed by atoms with van der Waals surface area (Å²) in [7, 11) is 2.82. The summed E-state index contributed by atoms with van der Waals surface area (Å²) in [5, 5.41) is 0. The molecule has 0 aliphatic heterocycles. The fraction of sp³-hybridized carbons (Fsp3) is 0.118. The maximum atomic E-state index is 11.9. The number of ether oxygens (including phenoxy) is 2. The molecule has 0 fully saturated rings. The molecule has 1 heterocycles. The van der Waals surface area contributed by atoms with Gasteiger partial charge in [-0.05, 0) is 18.2 Å². The molecule has 1 N–H and O–H groups in total. The van der Waals surface area contributed by atoms with Crippen LogP contribution in [0.25, 0.3) is 22.4 Å². The third-order valence-corrected chi connectivity index (χ3v) is 3.58. The molecule has 0 saturated carbocycles. The minimum absolute atomic E-state index is 0.388. The van der Waals surface area contributed by atoms with E-state index < -0.39 is 5.97 Å². The van der Waals surface area contributed by atoms with E-state index in [1.807, 2.05) is 0 Å². The summed E-state index contributed by atoms with van der Waals surface area (Å²) < 4.78 is 9.98. The summed E-state index contributed by atoms with van der Waals surface area (Å²) in [4.78, 5) is 30.8. The number of esters is 1. The molecule has 0 amide bonds. The Balaban J connectivity index is 2.23. The predicted molar refractivity (Wildman–Crippen MR) is 84.8 cm³/mol. The Kier molecular flexibility index (Phi) is 3.80. The van der Waals surface area contributed by atoms with E-state index >= 15 is 0 Å². The second-order valence-electron chi connectivity index (χ2n) is 4.82. The van der Waals surface area contributed by atoms with Gasteiger partial charge < -0.3 is 14.5 Å². The number of methoxy groups -OCH3 is 2. The van der Waals surface area contributed by atoms with Gasteiger partial charge in [-0.2, -0.15) is 0 Å². The molecule has 0 radical (unpaired) electrons. The van der Waals surface area contributed by atoms with Gasteiger partial charge >= 0.3 is 5.97 Å². The van der Waals surface area contributed by atoms with Crippen molar-refractivity contribution < 1.29 is 19.1 Å². The van der Waals surface area contributed by atoms with Crippen LogP contribution in [0.3, 0.4) is 0 Å². The summed E-state index contributed by atoms with van der Waals surface area (Å²) in [6.45, 7) is 0. The summed E-state index contributed by atoms with van der Waals surface area (Å²) in [5.41, 5.74) is 2.57. The lowest BCUT2D eigenvalue weighted by atomic mass is 10.1. The summed E-state index contributed by atoms with van der Waals surface area (Å²) in [6.07, 6.45) is 0.718. The van der Waals surface area contributed by atoms with Gasteiger partial charge in [-0.15, -0.1) is 0 Å². The van der Waals surface area contributed by atoms with Crippen LogP contribution in [-0.2, 0) is 4.74 Å². The zero-order chi connectivity index (χ0) is 16.4. The highest BCUT2D eigenvalue weighted by molar-refractivity contribution is 6.00. The van der Waals surface area contributed by atoms with Crippen LogP contribution in [-0.4, -0.2) is 36.4 Å². The highest BCUT2D eigenvalue weighted by Gasteiger charge is 2.17. The molecule has 3 aromatic rings. The van der Waals surface area contributed by atoms with Gasteiger partial charge in [-0.1, -0.05) is 18.2 Å². The van der Waals surface area contributed by atoms with E-state index in [4.69, 9.17) is 9.47 Å². The number of benzene rings is 2. The molecule has 0 aliphatic carbocycles. The molecule has 0 spiro atoms. The smallest absolute Gasteiger partial charge is 0.338 e. The van der Waals surface area contributed by atoms with Crippen LogP contribution in [0.2, 0.25) is 0 Å². The van der Waals surface area contributed by atoms with Crippen molar-refractivity contribution in [3.63, 3.8) is 0 Å². The number of aromatic amines is 1. The van der Waals surface area contributed by atoms with Gasteiger partial charge in [-0.3, -0.25) is 4.79 Å². The van der Waals surface area contributed by atoms with Crippen molar-refractivity contribution >= 4 is 23.3 Å². The van der Waals surface area contributed by atoms with Crippen LogP contribution < -0.4 is 4.74 Å². The Morgan fingerprint density at radius 1 is 1.17 bits per heavy atom. The number of carbonyl (C=O) groups is 2. The average Bonchev–Trinajstić information content (AvgIpc) is 3.04. The second-order valence-corrected chi connectivity index (χ2v) is 4.82. The highest BCUT2D eigenvalue weighted by Crippen LogP contribution is 2.29. The minimum atomic E-state index is -0.450. The molecule has 0 saturated heterocycles. The Morgan fingerprint density at radius 2 is 1.96 bits per heavy atom. The van der Waals surface area contributed by atoms with Crippen molar-refractivity contribution in [3.8, 4) is 17.1 Å². The number of hydrogen-bond acceptors (Lipinski definition) is 5. The van der Waals surface area contributed by atoms with Crippen molar-refractivity contribution in [2.75, 3.05) is 14.2 Å². The highest BCUT2D eigenvalue weighted by atomic mass is 16.5. The third kappa shape index (κ3) is 2.44. The van der Waals surface area contributed by atoms with Crippen LogP contribution in [0.4, 0.5) is 0 Å². The molecule has 6 heteroatoms. The first-order valence-electron chi connectivity index (χ1n) is 6.89. The minimum Gasteiger partial charge on any atom is -0.496 e. The fourth-order valence-corrected chi connectivity index (χ4v) is 2.48. The zero-order valence-corrected chi connectivity index (χ0v) is 12.6. The number of hydrogen-bond donors (Lipinski definition) is 1. The summed E-state index contributed by atoms with van der Waals surface area (Å²) in [6, 6.07) is 10.4. The van der Waals surface area contributed by atoms with Gasteiger partial charge in [0.2, 0.25) is 0 Å². The molecule has 0 aliphatic rings. The van der Waals surface area contributed by atoms with Crippen molar-refractivity contribution in [1.82, 2.24) is 9.97 Å². The monoisotopic (exact) mass is 310 g/mol. The van der Waals surface area contributed by atoms with Crippen molar-refractivity contribution in [1.29, 1.82) is 0 Å². The summed E-state index contributed by atoms with van der Waals surface area (Å²) in [5.74, 6) is 0.496. The molecule has 2 aromatic carbocycles. The molecule has 0 bridgehead atoms. The predicted octanol–water partition coefficient (Wildman–Crippen LogP) is 2.84. The first-order valence-corrected chi connectivity index (χ1v) is 6.89. The number of nitrogens with zero attached hydrogens (tertiary/aromatic N) is 1. The second kappa shape index (κ2) is 5.92. The van der Waals surface area contributed by atoms with Crippen LogP contribution in [0, 0.1) is 0 Å². The van der Waals surface area contributed by atoms with E-state index in [2.05, 4.69) is 9.97 Å². The molecule has 116 valence electrons. The number of fused-ring (bicyclic) bond motifs is 1. The molecule has 0 atom stereocenters. The van der Waals surface area contributed by atoms with Crippen molar-refractivity contribution in [3.05, 3.63) is 47.5 Å². The molecule has 6 nitrogen and oxygen atoms in total. The normalized spacial score (nSPS) is 10.5. The molecule has 0 unspecified atom stereocenters. The Morgan fingerprint density at radius 3 is 2.65 bits per heavy atom. The first kappa shape index (κ1) is 14.8. The van der Waals surface area contributed by atoms with Gasteiger partial charge in [0.25, 0.3) is 0 Å².